The van der Waals surface area contributed by atoms with Crippen LogP contribution in [-0.2, 0) is 0 Å². The van der Waals surface area contributed by atoms with E-state index in [4.69, 9.17) is 10.00 Å². The van der Waals surface area contributed by atoms with Crippen LogP contribution in [-0.4, -0.2) is 11.6 Å². The molecule has 0 radical (unpaired) electrons. The molecular weight excluding hydrogens is 284 g/mol. The number of hydrogen-bond donors (Lipinski definition) is 0. The Balaban J connectivity index is 1.79. The molecule has 0 atom stereocenters. The number of nitrogens with zero attached hydrogens (tertiary/aromatic N) is 2. The molecule has 23 heavy (non-hydrogen) atoms. The van der Waals surface area contributed by atoms with Crippen LogP contribution < -0.4 is 4.74 Å². The van der Waals surface area contributed by atoms with E-state index in [0.717, 1.165) is 36.5 Å². The van der Waals surface area contributed by atoms with Crippen molar-refractivity contribution in [3.05, 3.63) is 60.3 Å². The lowest BCUT2D eigenvalue weighted by Gasteiger charge is -2.07. The van der Waals surface area contributed by atoms with Crippen molar-refractivity contribution in [3.63, 3.8) is 0 Å². The quantitative estimate of drug-likeness (QED) is 0.501. The first-order chi connectivity index (χ1) is 11.3. The molecule has 1 heterocycles. The van der Waals surface area contributed by atoms with Crippen LogP contribution in [0.5, 0.6) is 5.75 Å². The highest BCUT2D eigenvalue weighted by atomic mass is 16.5. The van der Waals surface area contributed by atoms with Gasteiger partial charge in [0, 0.05) is 5.56 Å². The molecule has 0 bridgehead atoms. The molecule has 3 heteroatoms. The lowest BCUT2D eigenvalue weighted by Crippen LogP contribution is -1.97. The zero-order valence-electron chi connectivity index (χ0n) is 13.5. The van der Waals surface area contributed by atoms with Gasteiger partial charge in [0.2, 0.25) is 0 Å². The summed E-state index contributed by atoms with van der Waals surface area (Å²) in [6, 6.07) is 13.4. The van der Waals surface area contributed by atoms with E-state index >= 15 is 0 Å². The molecule has 0 saturated carbocycles. The lowest BCUT2D eigenvalue weighted by molar-refractivity contribution is 0.304. The third-order valence-electron chi connectivity index (χ3n) is 3.57. The highest BCUT2D eigenvalue weighted by Gasteiger charge is 2.01. The maximum absolute atomic E-state index is 8.81. The molecule has 0 aliphatic carbocycles. The van der Waals surface area contributed by atoms with E-state index in [0.29, 0.717) is 5.56 Å². The topological polar surface area (TPSA) is 45.9 Å². The van der Waals surface area contributed by atoms with Crippen molar-refractivity contribution in [3.8, 4) is 23.1 Å². The molecule has 1 aromatic carbocycles. The fourth-order valence-electron chi connectivity index (χ4n) is 2.25. The molecule has 0 fully saturated rings. The predicted octanol–water partition coefficient (Wildman–Crippen LogP) is 5.14. The first-order valence-corrected chi connectivity index (χ1v) is 8.04. The average Bonchev–Trinajstić information content (AvgIpc) is 2.61. The van der Waals surface area contributed by atoms with Gasteiger partial charge in [-0.25, -0.2) is 0 Å². The summed E-state index contributed by atoms with van der Waals surface area (Å²) in [7, 11) is 0. The normalized spacial score (nSPS) is 10.6. The van der Waals surface area contributed by atoms with E-state index in [1.54, 1.807) is 18.3 Å². The summed E-state index contributed by atoms with van der Waals surface area (Å²) in [5.41, 5.74) is 2.54. The first kappa shape index (κ1) is 16.8. The van der Waals surface area contributed by atoms with E-state index in [9.17, 15) is 0 Å². The van der Waals surface area contributed by atoms with Gasteiger partial charge in [-0.3, -0.25) is 4.98 Å². The highest BCUT2D eigenvalue weighted by molar-refractivity contribution is 5.60. The maximum Gasteiger partial charge on any atom is 0.137 e. The molecule has 0 unspecified atom stereocenters. The second-order valence-corrected chi connectivity index (χ2v) is 5.34. The first-order valence-electron chi connectivity index (χ1n) is 8.04. The summed E-state index contributed by atoms with van der Waals surface area (Å²) < 4.78 is 5.72. The molecule has 0 amide bonds. The Labute approximate surface area is 138 Å². The van der Waals surface area contributed by atoms with Crippen molar-refractivity contribution < 1.29 is 4.74 Å². The summed E-state index contributed by atoms with van der Waals surface area (Å²) in [5, 5.41) is 8.81. The number of unbranched alkanes of at least 4 members (excludes halogenated alkanes) is 3. The standard InChI is InChI=1S/C20H22N2O/c1-2-3-4-5-6-7-14-23-19-12-13-20(22-16-19)18-10-8-17(15-21)9-11-18/h2-3,8-13,16H,4-7,14H2,1H3/b3-2+. The van der Waals surface area contributed by atoms with Crippen LogP contribution in [0.3, 0.4) is 0 Å². The fraction of sp³-hybridized carbons (Fsp3) is 0.300. The van der Waals surface area contributed by atoms with E-state index in [1.165, 1.54) is 12.8 Å². The van der Waals surface area contributed by atoms with Crippen molar-refractivity contribution in [1.82, 2.24) is 4.98 Å². The van der Waals surface area contributed by atoms with Gasteiger partial charge in [-0.2, -0.15) is 5.26 Å². The maximum atomic E-state index is 8.81. The second kappa shape index (κ2) is 9.42. The molecule has 0 N–H and O–H groups in total. The van der Waals surface area contributed by atoms with Gasteiger partial charge in [0.15, 0.2) is 0 Å². The Morgan fingerprint density at radius 2 is 1.91 bits per heavy atom. The number of benzene rings is 1. The monoisotopic (exact) mass is 306 g/mol. The molecule has 2 rings (SSSR count). The molecular formula is C20H22N2O. The summed E-state index contributed by atoms with van der Waals surface area (Å²) in [6.07, 6.45) is 10.7. The molecule has 0 aliphatic rings. The minimum absolute atomic E-state index is 0.656. The van der Waals surface area contributed by atoms with Crippen LogP contribution in [0, 0.1) is 11.3 Å². The average molecular weight is 306 g/mol. The molecule has 0 spiro atoms. The third kappa shape index (κ3) is 5.60. The Morgan fingerprint density at radius 3 is 2.57 bits per heavy atom. The Morgan fingerprint density at radius 1 is 1.09 bits per heavy atom. The van der Waals surface area contributed by atoms with Gasteiger partial charge in [0.05, 0.1) is 30.1 Å². The van der Waals surface area contributed by atoms with Crippen LogP contribution in [0.25, 0.3) is 11.3 Å². The summed E-state index contributed by atoms with van der Waals surface area (Å²) in [6.45, 7) is 2.78. The number of nitriles is 1. The van der Waals surface area contributed by atoms with Gasteiger partial charge in [-0.05, 0) is 56.9 Å². The molecule has 118 valence electrons. The van der Waals surface area contributed by atoms with Crippen molar-refractivity contribution in [2.75, 3.05) is 6.61 Å². The summed E-state index contributed by atoms with van der Waals surface area (Å²) in [4.78, 5) is 4.43. The number of aromatic nitrogens is 1. The van der Waals surface area contributed by atoms with Gasteiger partial charge >= 0.3 is 0 Å². The van der Waals surface area contributed by atoms with Gasteiger partial charge < -0.3 is 4.74 Å². The largest absolute Gasteiger partial charge is 0.492 e. The smallest absolute Gasteiger partial charge is 0.137 e. The number of ether oxygens (including phenoxy) is 1. The SMILES string of the molecule is C/C=C/CCCCCOc1ccc(-c2ccc(C#N)cc2)nc1. The van der Waals surface area contributed by atoms with Gasteiger partial charge in [-0.15, -0.1) is 0 Å². The molecule has 1 aromatic heterocycles. The number of pyridine rings is 1. The third-order valence-corrected chi connectivity index (χ3v) is 3.57. The van der Waals surface area contributed by atoms with Crippen molar-refractivity contribution in [2.24, 2.45) is 0 Å². The number of hydrogen-bond acceptors (Lipinski definition) is 3. The van der Waals surface area contributed by atoms with Crippen LogP contribution in [0.4, 0.5) is 0 Å². The lowest BCUT2D eigenvalue weighted by atomic mass is 10.1. The van der Waals surface area contributed by atoms with Gasteiger partial charge in [0.25, 0.3) is 0 Å². The number of allylic oxidation sites excluding steroid dienone is 2. The molecule has 3 nitrogen and oxygen atoms in total. The van der Waals surface area contributed by atoms with E-state index in [1.807, 2.05) is 24.3 Å². The van der Waals surface area contributed by atoms with Gasteiger partial charge in [0.1, 0.15) is 5.75 Å². The zero-order valence-corrected chi connectivity index (χ0v) is 13.5. The Hall–Kier alpha value is -2.60. The zero-order chi connectivity index (χ0) is 16.3. The summed E-state index contributed by atoms with van der Waals surface area (Å²) >= 11 is 0. The van der Waals surface area contributed by atoms with Crippen LogP contribution in [0.2, 0.25) is 0 Å². The number of rotatable bonds is 8. The minimum Gasteiger partial charge on any atom is -0.492 e. The summed E-state index contributed by atoms with van der Waals surface area (Å²) in [5.74, 6) is 0.802. The van der Waals surface area contributed by atoms with E-state index in [2.05, 4.69) is 30.1 Å². The van der Waals surface area contributed by atoms with Crippen LogP contribution >= 0.6 is 0 Å². The minimum atomic E-state index is 0.656. The van der Waals surface area contributed by atoms with Gasteiger partial charge in [-0.1, -0.05) is 24.3 Å². The Kier molecular flexibility index (Phi) is 6.87. The van der Waals surface area contributed by atoms with Crippen LogP contribution in [0.1, 0.15) is 38.2 Å². The van der Waals surface area contributed by atoms with E-state index in [-0.39, 0.29) is 0 Å². The van der Waals surface area contributed by atoms with Crippen molar-refractivity contribution in [1.29, 1.82) is 5.26 Å². The molecule has 0 aliphatic heterocycles. The molecule has 2 aromatic rings. The molecule has 0 saturated heterocycles. The Bertz CT molecular complexity index is 652. The highest BCUT2D eigenvalue weighted by Crippen LogP contribution is 2.20. The van der Waals surface area contributed by atoms with E-state index < -0.39 is 0 Å². The fourth-order valence-corrected chi connectivity index (χ4v) is 2.25. The second-order valence-electron chi connectivity index (χ2n) is 5.34. The van der Waals surface area contributed by atoms with Crippen molar-refractivity contribution >= 4 is 0 Å². The van der Waals surface area contributed by atoms with Crippen LogP contribution in [0.15, 0.2) is 54.7 Å². The predicted molar refractivity (Wildman–Crippen MR) is 93.2 cm³/mol. The van der Waals surface area contributed by atoms with Crippen molar-refractivity contribution in [2.45, 2.75) is 32.6 Å².